The highest BCUT2D eigenvalue weighted by Gasteiger charge is 2.27. The summed E-state index contributed by atoms with van der Waals surface area (Å²) in [5.74, 6) is -0.408. The molecule has 0 aliphatic heterocycles. The Bertz CT molecular complexity index is 945. The minimum Gasteiger partial charge on any atom is -0.367 e. The zero-order chi connectivity index (χ0) is 21.7. The molecule has 10 heteroatoms. The summed E-state index contributed by atoms with van der Waals surface area (Å²) in [4.78, 5) is 12.5. The van der Waals surface area contributed by atoms with Gasteiger partial charge in [-0.25, -0.2) is 8.42 Å². The third-order valence-corrected chi connectivity index (χ3v) is 4.41. The number of sulfonamides is 1. The number of para-hydroxylation sites is 1. The van der Waals surface area contributed by atoms with Crippen LogP contribution in [-0.4, -0.2) is 33.4 Å². The quantitative estimate of drug-likeness (QED) is 0.670. The molecule has 29 heavy (non-hydrogen) atoms. The predicted octanol–water partition coefficient (Wildman–Crippen LogP) is 3.63. The van der Waals surface area contributed by atoms with E-state index in [0.717, 1.165) is 6.26 Å². The van der Waals surface area contributed by atoms with Gasteiger partial charge in [-0.1, -0.05) is 30.3 Å². The number of nitrogens with one attached hydrogen (secondary N) is 2. The summed E-state index contributed by atoms with van der Waals surface area (Å²) in [6, 6.07) is 12.2. The number of anilines is 1. The minimum atomic E-state index is -4.39. The van der Waals surface area contributed by atoms with E-state index in [4.69, 9.17) is 0 Å². The van der Waals surface area contributed by atoms with Crippen molar-refractivity contribution in [2.24, 2.45) is 0 Å². The number of alkyl halides is 3. The highest BCUT2D eigenvalue weighted by Crippen LogP contribution is 2.24. The lowest BCUT2D eigenvalue weighted by Crippen LogP contribution is -2.27. The largest absolute Gasteiger partial charge is 0.411 e. The van der Waals surface area contributed by atoms with E-state index in [2.05, 4.69) is 14.8 Å². The molecule has 0 aliphatic rings. The number of carbonyl (C=O) groups excluding carboxylic acids is 1. The van der Waals surface area contributed by atoms with Crippen molar-refractivity contribution in [2.75, 3.05) is 17.6 Å². The first-order chi connectivity index (χ1) is 13.4. The molecule has 6 nitrogen and oxygen atoms in total. The smallest absolute Gasteiger partial charge is 0.367 e. The van der Waals surface area contributed by atoms with E-state index in [1.807, 2.05) is 0 Å². The summed E-state index contributed by atoms with van der Waals surface area (Å²) in [5.41, 5.74) is 1.76. The van der Waals surface area contributed by atoms with Crippen LogP contribution in [0.1, 0.15) is 34.5 Å². The molecule has 0 heterocycles. The van der Waals surface area contributed by atoms with E-state index >= 15 is 0 Å². The van der Waals surface area contributed by atoms with Gasteiger partial charge in [0.15, 0.2) is 0 Å². The van der Waals surface area contributed by atoms with Crippen LogP contribution in [0.4, 0.5) is 18.9 Å². The second-order valence-electron chi connectivity index (χ2n) is 6.46. The van der Waals surface area contributed by atoms with Crippen LogP contribution in [0.25, 0.3) is 0 Å². The zero-order valence-electron chi connectivity index (χ0n) is 15.8. The summed E-state index contributed by atoms with van der Waals surface area (Å²) in [6.07, 6.45) is -3.36. The molecule has 0 saturated carbocycles. The van der Waals surface area contributed by atoms with Crippen LogP contribution in [0.15, 0.2) is 48.5 Å². The number of hydrogen-bond acceptors (Lipinski definition) is 4. The molecule has 2 aromatic rings. The van der Waals surface area contributed by atoms with Gasteiger partial charge in [-0.15, -0.1) is 0 Å². The molecule has 0 aromatic heterocycles. The van der Waals surface area contributed by atoms with E-state index in [9.17, 15) is 26.4 Å². The van der Waals surface area contributed by atoms with Crippen LogP contribution >= 0.6 is 0 Å². The van der Waals surface area contributed by atoms with Crippen molar-refractivity contribution in [3.05, 3.63) is 65.2 Å². The average Bonchev–Trinajstić information content (AvgIpc) is 2.60. The Labute approximate surface area is 167 Å². The molecule has 0 radical (unpaired) electrons. The Morgan fingerprint density at radius 3 is 2.31 bits per heavy atom. The van der Waals surface area contributed by atoms with Crippen LogP contribution in [-0.2, 0) is 21.4 Å². The van der Waals surface area contributed by atoms with Crippen molar-refractivity contribution in [1.82, 2.24) is 5.32 Å². The van der Waals surface area contributed by atoms with Crippen molar-refractivity contribution in [2.45, 2.75) is 25.7 Å². The van der Waals surface area contributed by atoms with Crippen molar-refractivity contribution in [3.8, 4) is 0 Å². The molecular weight excluding hydrogens is 409 g/mol. The van der Waals surface area contributed by atoms with E-state index < -0.39 is 34.8 Å². The van der Waals surface area contributed by atoms with Crippen molar-refractivity contribution < 1.29 is 31.1 Å². The number of benzene rings is 2. The van der Waals surface area contributed by atoms with Crippen LogP contribution in [0.5, 0.6) is 0 Å². The van der Waals surface area contributed by atoms with Gasteiger partial charge in [0.05, 0.1) is 24.6 Å². The molecule has 2 rings (SSSR count). The van der Waals surface area contributed by atoms with Gasteiger partial charge in [0.2, 0.25) is 10.0 Å². The summed E-state index contributed by atoms with van der Waals surface area (Å²) >= 11 is 0. The second-order valence-corrected chi connectivity index (χ2v) is 8.21. The third kappa shape index (κ3) is 7.74. The van der Waals surface area contributed by atoms with Crippen LogP contribution in [0.3, 0.4) is 0 Å². The van der Waals surface area contributed by atoms with Gasteiger partial charge in [-0.2, -0.15) is 13.2 Å². The normalized spacial score (nSPS) is 13.0. The maximum Gasteiger partial charge on any atom is 0.411 e. The number of ether oxygens (including phenoxy) is 1. The van der Waals surface area contributed by atoms with E-state index in [0.29, 0.717) is 22.4 Å². The lowest BCUT2D eigenvalue weighted by molar-refractivity contribution is -0.176. The standard InChI is InChI=1S/C19H21F3N2O4S/c1-13(16-5-3-4-6-17(16)24-29(2,26)27)23-18(25)15-9-7-14(8-10-15)11-28-12-19(20,21)22/h3-10,13,24H,11-12H2,1-2H3,(H,23,25). The van der Waals surface area contributed by atoms with Crippen molar-refractivity contribution >= 4 is 21.6 Å². The van der Waals surface area contributed by atoms with Gasteiger partial charge in [-0.3, -0.25) is 9.52 Å². The molecule has 1 atom stereocenters. The lowest BCUT2D eigenvalue weighted by atomic mass is 10.1. The Balaban J connectivity index is 2.01. The summed E-state index contributed by atoms with van der Waals surface area (Å²) in [7, 11) is -3.48. The van der Waals surface area contributed by atoms with Crippen LogP contribution in [0.2, 0.25) is 0 Å². The van der Waals surface area contributed by atoms with Gasteiger partial charge in [0.1, 0.15) is 6.61 Å². The lowest BCUT2D eigenvalue weighted by Gasteiger charge is -2.18. The molecule has 2 N–H and O–H groups in total. The maximum atomic E-state index is 12.5. The Hall–Kier alpha value is -2.59. The van der Waals surface area contributed by atoms with Crippen LogP contribution < -0.4 is 10.0 Å². The molecule has 1 amide bonds. The molecule has 0 saturated heterocycles. The Kier molecular flexibility index (Phi) is 7.26. The van der Waals surface area contributed by atoms with E-state index in [-0.39, 0.29) is 6.61 Å². The number of halogens is 3. The topological polar surface area (TPSA) is 84.5 Å². The van der Waals surface area contributed by atoms with Gasteiger partial charge < -0.3 is 10.1 Å². The fourth-order valence-corrected chi connectivity index (χ4v) is 3.15. The van der Waals surface area contributed by atoms with Gasteiger partial charge in [0, 0.05) is 5.56 Å². The average molecular weight is 430 g/mol. The third-order valence-electron chi connectivity index (χ3n) is 3.82. The van der Waals surface area contributed by atoms with Crippen LogP contribution in [0, 0.1) is 0 Å². The highest BCUT2D eigenvalue weighted by molar-refractivity contribution is 7.92. The minimum absolute atomic E-state index is 0.220. The van der Waals surface area contributed by atoms with Crippen molar-refractivity contribution in [1.29, 1.82) is 0 Å². The molecule has 1 unspecified atom stereocenters. The fourth-order valence-electron chi connectivity index (χ4n) is 2.56. The van der Waals surface area contributed by atoms with Crippen molar-refractivity contribution in [3.63, 3.8) is 0 Å². The first-order valence-corrected chi connectivity index (χ1v) is 10.4. The summed E-state index contributed by atoms with van der Waals surface area (Å²) < 4.78 is 66.3. The highest BCUT2D eigenvalue weighted by atomic mass is 32.2. The number of carbonyl (C=O) groups is 1. The predicted molar refractivity (Wildman–Crippen MR) is 103 cm³/mol. The first kappa shape index (κ1) is 22.7. The Morgan fingerprint density at radius 2 is 1.72 bits per heavy atom. The summed E-state index contributed by atoms with van der Waals surface area (Å²) in [6.45, 7) is 0.149. The maximum absolute atomic E-state index is 12.5. The SMILES string of the molecule is CC(NC(=O)c1ccc(COCC(F)(F)F)cc1)c1ccccc1NS(C)(=O)=O. The molecule has 0 aliphatic carbocycles. The molecule has 158 valence electrons. The Morgan fingerprint density at radius 1 is 1.10 bits per heavy atom. The van der Waals surface area contributed by atoms with E-state index in [1.165, 1.54) is 24.3 Å². The number of hydrogen-bond donors (Lipinski definition) is 2. The van der Waals surface area contributed by atoms with E-state index in [1.54, 1.807) is 31.2 Å². The summed E-state index contributed by atoms with van der Waals surface area (Å²) in [5, 5.41) is 2.77. The first-order valence-electron chi connectivity index (χ1n) is 8.55. The molecule has 2 aromatic carbocycles. The molecule has 0 spiro atoms. The van der Waals surface area contributed by atoms with Gasteiger partial charge in [0.25, 0.3) is 5.91 Å². The molecule has 0 bridgehead atoms. The number of rotatable bonds is 8. The fraction of sp³-hybridized carbons (Fsp3) is 0.316. The molecule has 0 fully saturated rings. The zero-order valence-corrected chi connectivity index (χ0v) is 16.6. The van der Waals surface area contributed by atoms with Gasteiger partial charge in [-0.05, 0) is 36.2 Å². The van der Waals surface area contributed by atoms with Gasteiger partial charge >= 0.3 is 6.18 Å². The number of amides is 1. The molecular formula is C19H21F3N2O4S. The monoisotopic (exact) mass is 430 g/mol. The second kappa shape index (κ2) is 9.27.